The van der Waals surface area contributed by atoms with Crippen molar-refractivity contribution in [2.45, 2.75) is 33.2 Å². The van der Waals surface area contributed by atoms with Crippen LogP contribution in [0.15, 0.2) is 48.5 Å². The molecule has 0 radical (unpaired) electrons. The molecular weight excluding hydrogens is 258 g/mol. The first-order valence-corrected chi connectivity index (χ1v) is 7.43. The monoisotopic (exact) mass is 279 g/mol. The predicted molar refractivity (Wildman–Crippen MR) is 88.0 cm³/mol. The lowest BCUT2D eigenvalue weighted by molar-refractivity contribution is 0.476. The number of aryl methyl sites for hydroxylation is 1. The molecule has 2 aromatic carbocycles. The van der Waals surface area contributed by atoms with Gasteiger partial charge in [-0.05, 0) is 42.2 Å². The van der Waals surface area contributed by atoms with Gasteiger partial charge in [0, 0.05) is 23.1 Å². The van der Waals surface area contributed by atoms with Crippen LogP contribution in [0.1, 0.15) is 36.6 Å². The highest BCUT2D eigenvalue weighted by Crippen LogP contribution is 2.33. The van der Waals surface area contributed by atoms with Gasteiger partial charge in [0.1, 0.15) is 5.75 Å². The minimum atomic E-state index is 0.331. The second-order valence-corrected chi connectivity index (χ2v) is 5.94. The molecule has 3 rings (SSSR count). The van der Waals surface area contributed by atoms with Crippen LogP contribution >= 0.6 is 0 Å². The van der Waals surface area contributed by atoms with Gasteiger partial charge in [-0.2, -0.15) is 0 Å². The van der Waals surface area contributed by atoms with Crippen LogP contribution in [-0.2, 0) is 6.54 Å². The fraction of sp³-hybridized carbons (Fsp3) is 0.263. The van der Waals surface area contributed by atoms with E-state index >= 15 is 0 Å². The lowest BCUT2D eigenvalue weighted by Gasteiger charge is -2.14. The summed E-state index contributed by atoms with van der Waals surface area (Å²) in [5.74, 6) is 0.779. The van der Waals surface area contributed by atoms with Gasteiger partial charge in [-0.25, -0.2) is 0 Å². The van der Waals surface area contributed by atoms with Gasteiger partial charge in [0.05, 0.1) is 0 Å². The molecule has 2 nitrogen and oxygen atoms in total. The molecule has 0 unspecified atom stereocenters. The molecule has 1 heterocycles. The molecule has 1 aromatic heterocycles. The topological polar surface area (TPSA) is 25.2 Å². The van der Waals surface area contributed by atoms with Crippen LogP contribution in [-0.4, -0.2) is 9.67 Å². The normalized spacial score (nSPS) is 11.4. The van der Waals surface area contributed by atoms with Gasteiger partial charge < -0.3 is 9.67 Å². The van der Waals surface area contributed by atoms with E-state index in [1.807, 2.05) is 18.2 Å². The minimum Gasteiger partial charge on any atom is -0.508 e. The molecule has 2 heteroatoms. The van der Waals surface area contributed by atoms with Crippen LogP contribution in [0.25, 0.3) is 10.9 Å². The third kappa shape index (κ3) is 2.42. The fourth-order valence-electron chi connectivity index (χ4n) is 3.21. The average Bonchev–Trinajstić information content (AvgIpc) is 2.72. The van der Waals surface area contributed by atoms with Gasteiger partial charge in [0.15, 0.2) is 0 Å². The summed E-state index contributed by atoms with van der Waals surface area (Å²) in [6.45, 7) is 7.47. The molecule has 0 aliphatic heterocycles. The Morgan fingerprint density at radius 2 is 1.76 bits per heavy atom. The minimum absolute atomic E-state index is 0.331. The van der Waals surface area contributed by atoms with E-state index in [1.54, 1.807) is 6.07 Å². The Balaban J connectivity index is 2.22. The van der Waals surface area contributed by atoms with Gasteiger partial charge in [-0.3, -0.25) is 0 Å². The molecule has 21 heavy (non-hydrogen) atoms. The number of aromatic nitrogens is 1. The van der Waals surface area contributed by atoms with E-state index in [-0.39, 0.29) is 0 Å². The molecule has 0 aliphatic rings. The molecule has 0 atom stereocenters. The number of rotatable bonds is 3. The maximum atomic E-state index is 9.77. The van der Waals surface area contributed by atoms with Crippen molar-refractivity contribution >= 4 is 10.9 Å². The molecule has 0 aliphatic carbocycles. The van der Waals surface area contributed by atoms with Crippen molar-refractivity contribution in [2.24, 2.45) is 0 Å². The highest BCUT2D eigenvalue weighted by Gasteiger charge is 2.17. The molecule has 0 saturated carbocycles. The molecule has 1 N–H and O–H groups in total. The number of benzene rings is 2. The summed E-state index contributed by atoms with van der Waals surface area (Å²) in [6.07, 6.45) is 0. The third-order valence-electron chi connectivity index (χ3n) is 4.08. The van der Waals surface area contributed by atoms with E-state index in [4.69, 9.17) is 0 Å². The van der Waals surface area contributed by atoms with Crippen LogP contribution in [0, 0.1) is 6.92 Å². The zero-order valence-electron chi connectivity index (χ0n) is 12.8. The van der Waals surface area contributed by atoms with E-state index in [9.17, 15) is 5.11 Å². The number of phenols is 1. The summed E-state index contributed by atoms with van der Waals surface area (Å²) in [5, 5.41) is 10.9. The highest BCUT2D eigenvalue weighted by atomic mass is 16.3. The number of hydrogen-bond acceptors (Lipinski definition) is 1. The molecule has 108 valence electrons. The standard InChI is InChI=1S/C19H21NO/c1-13(2)19-14(3)17-11-16(21)9-10-18(17)20(19)12-15-7-5-4-6-8-15/h4-11,13,21H,12H2,1-3H3. The van der Waals surface area contributed by atoms with E-state index in [0.29, 0.717) is 11.7 Å². The molecule has 3 aromatic rings. The van der Waals surface area contributed by atoms with E-state index in [0.717, 1.165) is 11.9 Å². The molecule has 0 amide bonds. The quantitative estimate of drug-likeness (QED) is 0.730. The zero-order valence-corrected chi connectivity index (χ0v) is 12.8. The largest absolute Gasteiger partial charge is 0.508 e. The van der Waals surface area contributed by atoms with Crippen molar-refractivity contribution in [3.63, 3.8) is 0 Å². The van der Waals surface area contributed by atoms with Gasteiger partial charge in [-0.1, -0.05) is 44.2 Å². The first-order valence-electron chi connectivity index (χ1n) is 7.43. The second-order valence-electron chi connectivity index (χ2n) is 5.94. The lowest BCUT2D eigenvalue weighted by Crippen LogP contribution is -2.06. The summed E-state index contributed by atoms with van der Waals surface area (Å²) < 4.78 is 2.38. The maximum absolute atomic E-state index is 9.77. The Labute approximate surface area is 125 Å². The first kappa shape index (κ1) is 13.7. The summed E-state index contributed by atoms with van der Waals surface area (Å²) >= 11 is 0. The third-order valence-corrected chi connectivity index (χ3v) is 4.08. The summed E-state index contributed by atoms with van der Waals surface area (Å²) in [6, 6.07) is 16.2. The summed E-state index contributed by atoms with van der Waals surface area (Å²) in [5.41, 5.74) is 5.11. The van der Waals surface area contributed by atoms with Crippen molar-refractivity contribution in [1.82, 2.24) is 4.57 Å². The van der Waals surface area contributed by atoms with Crippen LogP contribution in [0.5, 0.6) is 5.75 Å². The maximum Gasteiger partial charge on any atom is 0.116 e. The van der Waals surface area contributed by atoms with Crippen molar-refractivity contribution in [3.8, 4) is 5.75 Å². The molecule has 0 saturated heterocycles. The van der Waals surface area contributed by atoms with Gasteiger partial charge in [-0.15, -0.1) is 0 Å². The molecule has 0 bridgehead atoms. The zero-order chi connectivity index (χ0) is 15.0. The number of nitrogens with zero attached hydrogens (tertiary/aromatic N) is 1. The van der Waals surface area contributed by atoms with Gasteiger partial charge in [0.2, 0.25) is 0 Å². The smallest absolute Gasteiger partial charge is 0.116 e. The van der Waals surface area contributed by atoms with Crippen molar-refractivity contribution in [3.05, 3.63) is 65.4 Å². The molecule has 0 spiro atoms. The number of hydrogen-bond donors (Lipinski definition) is 1. The Hall–Kier alpha value is -2.22. The van der Waals surface area contributed by atoms with Crippen molar-refractivity contribution in [1.29, 1.82) is 0 Å². The van der Waals surface area contributed by atoms with Crippen LogP contribution in [0.3, 0.4) is 0 Å². The second kappa shape index (κ2) is 5.28. The number of phenolic OH excluding ortho intramolecular Hbond substituents is 1. The summed E-state index contributed by atoms with van der Waals surface area (Å²) in [7, 11) is 0. The average molecular weight is 279 g/mol. The number of fused-ring (bicyclic) bond motifs is 1. The Kier molecular flexibility index (Phi) is 3.46. The SMILES string of the molecule is Cc1c(C(C)C)n(Cc2ccccc2)c2ccc(O)cc12. The summed E-state index contributed by atoms with van der Waals surface area (Å²) in [4.78, 5) is 0. The Morgan fingerprint density at radius 1 is 1.05 bits per heavy atom. The van der Waals surface area contributed by atoms with Gasteiger partial charge in [0.25, 0.3) is 0 Å². The van der Waals surface area contributed by atoms with E-state index in [1.165, 1.54) is 22.3 Å². The lowest BCUT2D eigenvalue weighted by atomic mass is 10.0. The van der Waals surface area contributed by atoms with Crippen LogP contribution in [0.2, 0.25) is 0 Å². The number of aromatic hydroxyl groups is 1. The predicted octanol–water partition coefficient (Wildman–Crippen LogP) is 4.83. The van der Waals surface area contributed by atoms with E-state index < -0.39 is 0 Å². The highest BCUT2D eigenvalue weighted by molar-refractivity contribution is 5.87. The van der Waals surface area contributed by atoms with E-state index in [2.05, 4.69) is 49.6 Å². The fourth-order valence-corrected chi connectivity index (χ4v) is 3.21. The van der Waals surface area contributed by atoms with Crippen molar-refractivity contribution < 1.29 is 5.11 Å². The van der Waals surface area contributed by atoms with Crippen LogP contribution in [0.4, 0.5) is 0 Å². The molecule has 0 fully saturated rings. The Morgan fingerprint density at radius 3 is 2.43 bits per heavy atom. The first-order chi connectivity index (χ1) is 10.1. The van der Waals surface area contributed by atoms with Gasteiger partial charge >= 0.3 is 0 Å². The Bertz CT molecular complexity index is 769. The molecular formula is C19H21NO. The van der Waals surface area contributed by atoms with Crippen LogP contribution < -0.4 is 0 Å². The van der Waals surface area contributed by atoms with Crippen molar-refractivity contribution in [2.75, 3.05) is 0 Å².